The van der Waals surface area contributed by atoms with Gasteiger partial charge in [0, 0.05) is 22.8 Å². The first-order chi connectivity index (χ1) is 9.74. The topological polar surface area (TPSA) is 12.0 Å². The van der Waals surface area contributed by atoms with E-state index >= 15 is 0 Å². The van der Waals surface area contributed by atoms with E-state index in [2.05, 4.69) is 67.7 Å². The summed E-state index contributed by atoms with van der Waals surface area (Å²) in [6, 6.07) is 17.4. The highest BCUT2D eigenvalue weighted by Gasteiger charge is 2.03. The molecule has 1 nitrogen and oxygen atoms in total. The maximum atomic E-state index is 3.56. The lowest BCUT2D eigenvalue weighted by Crippen LogP contribution is -2.11. The van der Waals surface area contributed by atoms with Crippen molar-refractivity contribution in [2.45, 2.75) is 26.9 Å². The van der Waals surface area contributed by atoms with E-state index in [0.717, 1.165) is 13.1 Å². The molecule has 0 aliphatic carbocycles. The van der Waals surface area contributed by atoms with Gasteiger partial charge in [-0.2, -0.15) is 0 Å². The lowest BCUT2D eigenvalue weighted by molar-refractivity contribution is 0.704. The van der Waals surface area contributed by atoms with E-state index in [0.29, 0.717) is 0 Å². The van der Waals surface area contributed by atoms with Gasteiger partial charge in [-0.1, -0.05) is 42.5 Å². The maximum absolute atomic E-state index is 3.56. The molecule has 102 valence electrons. The van der Waals surface area contributed by atoms with Crippen molar-refractivity contribution in [2.24, 2.45) is 0 Å². The predicted molar refractivity (Wildman–Crippen MR) is 88.3 cm³/mol. The second-order valence-corrected chi connectivity index (χ2v) is 6.53. The van der Waals surface area contributed by atoms with Crippen molar-refractivity contribution in [2.75, 3.05) is 0 Å². The molecule has 1 N–H and O–H groups in total. The number of rotatable bonds is 4. The molecule has 3 aromatic rings. The monoisotopic (exact) mass is 281 g/mol. The number of benzene rings is 2. The molecule has 20 heavy (non-hydrogen) atoms. The maximum Gasteiger partial charge on any atom is 0.0303 e. The van der Waals surface area contributed by atoms with Crippen LogP contribution in [0, 0.1) is 13.8 Å². The summed E-state index contributed by atoms with van der Waals surface area (Å²) in [6.07, 6.45) is 0. The molecule has 0 saturated carbocycles. The summed E-state index contributed by atoms with van der Waals surface area (Å²) in [5.41, 5.74) is 2.77. The largest absolute Gasteiger partial charge is 0.308 e. The Morgan fingerprint density at radius 3 is 2.55 bits per heavy atom. The summed E-state index contributed by atoms with van der Waals surface area (Å²) in [7, 11) is 0. The minimum Gasteiger partial charge on any atom is -0.308 e. The van der Waals surface area contributed by atoms with Crippen molar-refractivity contribution in [3.63, 3.8) is 0 Å². The van der Waals surface area contributed by atoms with E-state index in [1.807, 2.05) is 11.3 Å². The lowest BCUT2D eigenvalue weighted by atomic mass is 10.0. The molecule has 0 aliphatic heterocycles. The number of aryl methyl sites for hydroxylation is 2. The summed E-state index contributed by atoms with van der Waals surface area (Å²) >= 11 is 1.89. The third-order valence-electron chi connectivity index (χ3n) is 3.71. The van der Waals surface area contributed by atoms with Gasteiger partial charge in [0.1, 0.15) is 0 Å². The van der Waals surface area contributed by atoms with Gasteiger partial charge < -0.3 is 5.32 Å². The Morgan fingerprint density at radius 2 is 1.75 bits per heavy atom. The third-order valence-corrected chi connectivity index (χ3v) is 4.86. The number of hydrogen-bond acceptors (Lipinski definition) is 2. The van der Waals surface area contributed by atoms with Gasteiger partial charge in [0.15, 0.2) is 0 Å². The normalized spacial score (nSPS) is 11.1. The molecular formula is C18H19NS. The van der Waals surface area contributed by atoms with Crippen LogP contribution < -0.4 is 5.32 Å². The average molecular weight is 281 g/mol. The van der Waals surface area contributed by atoms with Crippen molar-refractivity contribution in [3.05, 3.63) is 69.4 Å². The van der Waals surface area contributed by atoms with Crippen LogP contribution in [-0.2, 0) is 13.1 Å². The zero-order valence-corrected chi connectivity index (χ0v) is 12.8. The predicted octanol–water partition coefficient (Wildman–Crippen LogP) is 4.81. The fourth-order valence-corrected chi connectivity index (χ4v) is 3.53. The molecule has 0 bridgehead atoms. The second kappa shape index (κ2) is 5.78. The first-order valence-corrected chi connectivity index (χ1v) is 7.79. The van der Waals surface area contributed by atoms with Crippen molar-refractivity contribution in [3.8, 4) is 0 Å². The highest BCUT2D eigenvalue weighted by atomic mass is 32.1. The van der Waals surface area contributed by atoms with Gasteiger partial charge >= 0.3 is 0 Å². The Balaban J connectivity index is 1.71. The van der Waals surface area contributed by atoms with Crippen LogP contribution in [0.15, 0.2) is 48.5 Å². The average Bonchev–Trinajstić information content (AvgIpc) is 2.78. The van der Waals surface area contributed by atoms with E-state index in [4.69, 9.17) is 0 Å². The molecule has 2 aromatic carbocycles. The number of hydrogen-bond donors (Lipinski definition) is 1. The van der Waals surface area contributed by atoms with E-state index in [-0.39, 0.29) is 0 Å². The van der Waals surface area contributed by atoms with Crippen molar-refractivity contribution in [1.29, 1.82) is 0 Å². The molecule has 2 heteroatoms. The smallest absolute Gasteiger partial charge is 0.0303 e. The molecule has 1 aromatic heterocycles. The van der Waals surface area contributed by atoms with Gasteiger partial charge in [-0.3, -0.25) is 0 Å². The summed E-state index contributed by atoms with van der Waals surface area (Å²) in [6.45, 7) is 6.23. The Morgan fingerprint density at radius 1 is 0.950 bits per heavy atom. The van der Waals surface area contributed by atoms with Crippen LogP contribution in [0.2, 0.25) is 0 Å². The Hall–Kier alpha value is -1.64. The van der Waals surface area contributed by atoms with Crippen molar-refractivity contribution < 1.29 is 0 Å². The fraction of sp³-hybridized carbons (Fsp3) is 0.222. The molecule has 0 spiro atoms. The molecule has 0 radical (unpaired) electrons. The minimum absolute atomic E-state index is 0.914. The summed E-state index contributed by atoms with van der Waals surface area (Å²) in [5.74, 6) is 0. The summed E-state index contributed by atoms with van der Waals surface area (Å²) in [5, 5.41) is 6.22. The van der Waals surface area contributed by atoms with Crippen LogP contribution in [0.5, 0.6) is 0 Å². The zero-order chi connectivity index (χ0) is 13.9. The number of nitrogens with one attached hydrogen (secondary N) is 1. The second-order valence-electron chi connectivity index (χ2n) is 5.19. The SMILES string of the molecule is Cc1cc(CNCc2cccc3ccccc23)sc1C. The first kappa shape index (κ1) is 13.3. The van der Waals surface area contributed by atoms with Crippen LogP contribution >= 0.6 is 11.3 Å². The molecule has 0 fully saturated rings. The molecule has 0 atom stereocenters. The summed E-state index contributed by atoms with van der Waals surface area (Å²) < 4.78 is 0. The molecular weight excluding hydrogens is 262 g/mol. The number of fused-ring (bicyclic) bond motifs is 1. The van der Waals surface area contributed by atoms with E-state index in [1.54, 1.807) is 0 Å². The quantitative estimate of drug-likeness (QED) is 0.723. The highest BCUT2D eigenvalue weighted by Crippen LogP contribution is 2.21. The van der Waals surface area contributed by atoms with E-state index in [9.17, 15) is 0 Å². The molecule has 0 aliphatic rings. The highest BCUT2D eigenvalue weighted by molar-refractivity contribution is 7.12. The van der Waals surface area contributed by atoms with E-state index in [1.165, 1.54) is 31.7 Å². The molecule has 3 rings (SSSR count). The van der Waals surface area contributed by atoms with Crippen molar-refractivity contribution in [1.82, 2.24) is 5.32 Å². The Labute approximate surface area is 124 Å². The van der Waals surface area contributed by atoms with E-state index < -0.39 is 0 Å². The number of thiophene rings is 1. The van der Waals surface area contributed by atoms with Gasteiger partial charge in [0.25, 0.3) is 0 Å². The third kappa shape index (κ3) is 2.77. The van der Waals surface area contributed by atoms with Crippen molar-refractivity contribution >= 4 is 22.1 Å². The Bertz CT molecular complexity index is 702. The van der Waals surface area contributed by atoms with Gasteiger partial charge in [-0.05, 0) is 41.8 Å². The van der Waals surface area contributed by atoms with Gasteiger partial charge in [0.2, 0.25) is 0 Å². The van der Waals surface area contributed by atoms with Crippen LogP contribution in [0.4, 0.5) is 0 Å². The lowest BCUT2D eigenvalue weighted by Gasteiger charge is -2.07. The van der Waals surface area contributed by atoms with Crippen LogP contribution in [0.25, 0.3) is 10.8 Å². The van der Waals surface area contributed by atoms with Crippen LogP contribution in [-0.4, -0.2) is 0 Å². The molecule has 1 heterocycles. The fourth-order valence-electron chi connectivity index (χ4n) is 2.50. The molecule has 0 unspecified atom stereocenters. The molecule has 0 saturated heterocycles. The Kier molecular flexibility index (Phi) is 3.86. The standard InChI is InChI=1S/C18H19NS/c1-13-10-17(20-14(13)2)12-19-11-16-8-5-7-15-6-3-4-9-18(15)16/h3-10,19H,11-12H2,1-2H3. The zero-order valence-electron chi connectivity index (χ0n) is 11.9. The summed E-state index contributed by atoms with van der Waals surface area (Å²) in [4.78, 5) is 2.84. The first-order valence-electron chi connectivity index (χ1n) is 6.97. The van der Waals surface area contributed by atoms with Gasteiger partial charge in [-0.25, -0.2) is 0 Å². The van der Waals surface area contributed by atoms with Gasteiger partial charge in [-0.15, -0.1) is 11.3 Å². The minimum atomic E-state index is 0.914. The van der Waals surface area contributed by atoms with Crippen LogP contribution in [0.3, 0.4) is 0 Å². The van der Waals surface area contributed by atoms with Crippen LogP contribution in [0.1, 0.15) is 20.9 Å². The van der Waals surface area contributed by atoms with Gasteiger partial charge in [0.05, 0.1) is 0 Å². The molecule has 0 amide bonds.